The molecule has 7 heteroatoms. The van der Waals surface area contributed by atoms with Gasteiger partial charge in [0.25, 0.3) is 5.56 Å². The van der Waals surface area contributed by atoms with Gasteiger partial charge in [0.1, 0.15) is 0 Å². The topological polar surface area (TPSA) is 88.5 Å². The molecule has 7 nitrogen and oxygen atoms in total. The van der Waals surface area contributed by atoms with Gasteiger partial charge < -0.3 is 10.3 Å². The third-order valence-electron chi connectivity index (χ3n) is 7.54. The zero-order valence-corrected chi connectivity index (χ0v) is 16.7. The van der Waals surface area contributed by atoms with Gasteiger partial charge in [0.15, 0.2) is 6.33 Å². The second kappa shape index (κ2) is 5.98. The maximum Gasteiger partial charge on any atom is 0.252 e. The van der Waals surface area contributed by atoms with Gasteiger partial charge in [-0.2, -0.15) is 4.80 Å². The van der Waals surface area contributed by atoms with Crippen molar-refractivity contribution in [2.75, 3.05) is 0 Å². The minimum Gasteiger partial charge on any atom is -0.322 e. The first-order valence-electron chi connectivity index (χ1n) is 10.6. The molecule has 0 amide bonds. The predicted molar refractivity (Wildman–Crippen MR) is 109 cm³/mol. The first-order valence-corrected chi connectivity index (χ1v) is 10.6. The second-order valence-electron chi connectivity index (χ2n) is 9.76. The minimum atomic E-state index is -0.0130. The Kier molecular flexibility index (Phi) is 3.57. The van der Waals surface area contributed by atoms with Crippen LogP contribution >= 0.6 is 0 Å². The number of pyridine rings is 1. The summed E-state index contributed by atoms with van der Waals surface area (Å²) in [6, 6.07) is 8.24. The van der Waals surface area contributed by atoms with Crippen LogP contribution in [0.4, 0.5) is 0 Å². The molecule has 2 heterocycles. The van der Waals surface area contributed by atoms with E-state index in [1.165, 1.54) is 19.3 Å². The van der Waals surface area contributed by atoms with Crippen LogP contribution in [0.5, 0.6) is 0 Å². The molecule has 4 aliphatic carbocycles. The van der Waals surface area contributed by atoms with Crippen molar-refractivity contribution in [1.82, 2.24) is 30.5 Å². The Morgan fingerprint density at radius 1 is 1.21 bits per heavy atom. The summed E-state index contributed by atoms with van der Waals surface area (Å²) in [5, 5.41) is 17.6. The number of aryl methyl sites for hydroxylation is 1. The van der Waals surface area contributed by atoms with Gasteiger partial charge in [0.2, 0.25) is 0 Å². The molecule has 0 spiro atoms. The average Bonchev–Trinajstić information content (AvgIpc) is 3.21. The monoisotopic (exact) mass is 390 g/mol. The highest BCUT2D eigenvalue weighted by molar-refractivity contribution is 5.79. The fraction of sp³-hybridized carbons (Fsp3) is 0.545. The highest BCUT2D eigenvalue weighted by atomic mass is 16.1. The van der Waals surface area contributed by atoms with E-state index in [0.29, 0.717) is 18.4 Å². The van der Waals surface area contributed by atoms with E-state index in [1.807, 2.05) is 23.9 Å². The Labute approximate surface area is 168 Å². The number of nitrogens with zero attached hydrogens (tertiary/aromatic N) is 4. The smallest absolute Gasteiger partial charge is 0.252 e. The van der Waals surface area contributed by atoms with Crippen molar-refractivity contribution in [3.05, 3.63) is 52.1 Å². The number of H-pyrrole nitrogens is 1. The van der Waals surface area contributed by atoms with Crippen molar-refractivity contribution in [3.63, 3.8) is 0 Å². The molecule has 3 aromatic rings. The normalized spacial score (nSPS) is 32.9. The summed E-state index contributed by atoms with van der Waals surface area (Å²) in [6.45, 7) is 2.64. The Morgan fingerprint density at radius 3 is 2.79 bits per heavy atom. The predicted octanol–water partition coefficient (Wildman–Crippen LogP) is 2.66. The van der Waals surface area contributed by atoms with Crippen molar-refractivity contribution in [2.45, 2.75) is 63.1 Å². The van der Waals surface area contributed by atoms with Crippen LogP contribution in [0.1, 0.15) is 49.7 Å². The summed E-state index contributed by atoms with van der Waals surface area (Å²) in [5.74, 6) is 1.40. The molecule has 0 aliphatic heterocycles. The molecule has 2 aromatic heterocycles. The van der Waals surface area contributed by atoms with Gasteiger partial charge in [-0.15, -0.1) is 10.2 Å². The lowest BCUT2D eigenvalue weighted by molar-refractivity contribution is -0.0854. The van der Waals surface area contributed by atoms with Crippen molar-refractivity contribution in [3.8, 4) is 0 Å². The zero-order valence-electron chi connectivity index (χ0n) is 16.7. The molecule has 0 saturated heterocycles. The van der Waals surface area contributed by atoms with E-state index < -0.39 is 0 Å². The maximum absolute atomic E-state index is 12.7. The third kappa shape index (κ3) is 2.74. The van der Waals surface area contributed by atoms with E-state index in [2.05, 4.69) is 37.8 Å². The number of hydrogen-bond donors (Lipinski definition) is 2. The molecular formula is C22H26N6O. The van der Waals surface area contributed by atoms with Crippen molar-refractivity contribution >= 4 is 10.9 Å². The molecule has 0 radical (unpaired) electrons. The van der Waals surface area contributed by atoms with E-state index >= 15 is 0 Å². The van der Waals surface area contributed by atoms with Crippen LogP contribution in [0.2, 0.25) is 0 Å². The second-order valence-corrected chi connectivity index (χ2v) is 9.76. The Morgan fingerprint density at radius 2 is 2.03 bits per heavy atom. The molecular weight excluding hydrogens is 364 g/mol. The molecule has 2 unspecified atom stereocenters. The first-order chi connectivity index (χ1) is 14.0. The van der Waals surface area contributed by atoms with Crippen LogP contribution in [0.3, 0.4) is 0 Å². The lowest BCUT2D eigenvalue weighted by Crippen LogP contribution is -2.65. The standard InChI is InChI=1S/C22H26N6O/c1-14-2-3-17-6-18(20(29)26-19(17)4-14)11-23-21-7-15-5-16(8-21)10-22(9-15,12-21)28-25-13-24-27-28/h2-4,6,13,15-16,23H,5,7-12H2,1H3,(H,26,29). The minimum absolute atomic E-state index is 0.00739. The molecule has 4 fully saturated rings. The largest absolute Gasteiger partial charge is 0.322 e. The van der Waals surface area contributed by atoms with E-state index in [1.54, 1.807) is 6.33 Å². The molecule has 2 atom stereocenters. The van der Waals surface area contributed by atoms with Crippen LogP contribution < -0.4 is 10.9 Å². The summed E-state index contributed by atoms with van der Waals surface area (Å²) in [4.78, 5) is 17.6. The van der Waals surface area contributed by atoms with Gasteiger partial charge in [-0.05, 0) is 85.6 Å². The van der Waals surface area contributed by atoms with Gasteiger partial charge in [0.05, 0.1) is 5.54 Å². The number of aromatic amines is 1. The molecule has 1 aromatic carbocycles. The van der Waals surface area contributed by atoms with E-state index in [0.717, 1.165) is 41.3 Å². The summed E-state index contributed by atoms with van der Waals surface area (Å²) in [5.41, 5.74) is 2.93. The Balaban J connectivity index is 1.30. The number of aromatic nitrogens is 5. The number of nitrogens with one attached hydrogen (secondary N) is 2. The molecule has 150 valence electrons. The van der Waals surface area contributed by atoms with Gasteiger partial charge in [-0.3, -0.25) is 4.79 Å². The van der Waals surface area contributed by atoms with Crippen LogP contribution in [-0.2, 0) is 12.1 Å². The lowest BCUT2D eigenvalue weighted by atomic mass is 9.50. The number of fused-ring (bicyclic) bond motifs is 1. The SMILES string of the molecule is Cc1ccc2cc(CNC34CC5CC(C3)CC(n3ncnn3)(C5)C4)c(=O)[nH]c2c1. The number of hydrogen-bond acceptors (Lipinski definition) is 5. The highest BCUT2D eigenvalue weighted by Gasteiger charge is 2.59. The number of tetrazole rings is 1. The van der Waals surface area contributed by atoms with Gasteiger partial charge >= 0.3 is 0 Å². The average molecular weight is 390 g/mol. The lowest BCUT2D eigenvalue weighted by Gasteiger charge is -2.61. The van der Waals surface area contributed by atoms with Crippen molar-refractivity contribution in [1.29, 1.82) is 0 Å². The summed E-state index contributed by atoms with van der Waals surface area (Å²) < 4.78 is 0. The summed E-state index contributed by atoms with van der Waals surface area (Å²) in [7, 11) is 0. The van der Waals surface area contributed by atoms with E-state index in [9.17, 15) is 4.79 Å². The van der Waals surface area contributed by atoms with Crippen LogP contribution in [-0.4, -0.2) is 30.7 Å². The maximum atomic E-state index is 12.7. The summed E-state index contributed by atoms with van der Waals surface area (Å²) >= 11 is 0. The first kappa shape index (κ1) is 17.3. The van der Waals surface area contributed by atoms with Crippen LogP contribution in [0.25, 0.3) is 10.9 Å². The van der Waals surface area contributed by atoms with Crippen molar-refractivity contribution < 1.29 is 0 Å². The fourth-order valence-electron chi connectivity index (χ4n) is 6.81. The van der Waals surface area contributed by atoms with Crippen LogP contribution in [0.15, 0.2) is 35.4 Å². The Bertz CT molecular complexity index is 1120. The fourth-order valence-corrected chi connectivity index (χ4v) is 6.81. The van der Waals surface area contributed by atoms with Crippen LogP contribution in [0, 0.1) is 18.8 Å². The molecule has 4 bridgehead atoms. The van der Waals surface area contributed by atoms with E-state index in [-0.39, 0.29) is 16.6 Å². The summed E-state index contributed by atoms with van der Waals surface area (Å²) in [6.07, 6.45) is 8.56. The quantitative estimate of drug-likeness (QED) is 0.715. The molecule has 7 rings (SSSR count). The van der Waals surface area contributed by atoms with Crippen molar-refractivity contribution in [2.24, 2.45) is 11.8 Å². The molecule has 4 aliphatic rings. The van der Waals surface area contributed by atoms with Gasteiger partial charge in [-0.25, -0.2) is 0 Å². The Hall–Kier alpha value is -2.54. The number of benzene rings is 1. The van der Waals surface area contributed by atoms with Gasteiger partial charge in [0, 0.05) is 23.2 Å². The zero-order chi connectivity index (χ0) is 19.6. The molecule has 29 heavy (non-hydrogen) atoms. The van der Waals surface area contributed by atoms with Gasteiger partial charge in [-0.1, -0.05) is 12.1 Å². The highest BCUT2D eigenvalue weighted by Crippen LogP contribution is 2.60. The third-order valence-corrected chi connectivity index (χ3v) is 7.54. The molecule has 2 N–H and O–H groups in total. The van der Waals surface area contributed by atoms with E-state index in [4.69, 9.17) is 0 Å². The molecule has 4 saturated carbocycles. The number of rotatable bonds is 4.